The number of aromatic nitrogens is 1. The van der Waals surface area contributed by atoms with E-state index in [0.717, 1.165) is 36.2 Å². The first-order valence-electron chi connectivity index (χ1n) is 10.7. The van der Waals surface area contributed by atoms with Crippen LogP contribution in [0.25, 0.3) is 10.9 Å². The zero-order chi connectivity index (χ0) is 22.1. The Bertz CT molecular complexity index is 1240. The van der Waals surface area contributed by atoms with E-state index in [1.807, 2.05) is 18.2 Å². The fourth-order valence-corrected chi connectivity index (χ4v) is 4.57. The molecule has 0 fully saturated rings. The van der Waals surface area contributed by atoms with Crippen LogP contribution in [0.2, 0.25) is 0 Å². The molecule has 162 valence electrons. The highest BCUT2D eigenvalue weighted by Crippen LogP contribution is 2.38. The number of para-hydroxylation sites is 1. The lowest BCUT2D eigenvalue weighted by Crippen LogP contribution is -2.32. The first kappa shape index (κ1) is 20.4. The Morgan fingerprint density at radius 2 is 1.62 bits per heavy atom. The molecule has 0 spiro atoms. The summed E-state index contributed by atoms with van der Waals surface area (Å²) in [6.07, 6.45) is 1.33. The van der Waals surface area contributed by atoms with Crippen LogP contribution >= 0.6 is 0 Å². The number of allylic oxidation sites excluding steroid dienone is 1. The van der Waals surface area contributed by atoms with Crippen LogP contribution in [-0.2, 0) is 19.0 Å². The summed E-state index contributed by atoms with van der Waals surface area (Å²) >= 11 is 0. The maximum Gasteiger partial charge on any atom is 0.416 e. The molecule has 5 heteroatoms. The molecule has 0 aliphatic carbocycles. The molecule has 0 radical (unpaired) electrons. The number of hydrogen-bond acceptors (Lipinski definition) is 1. The minimum atomic E-state index is -4.30. The zero-order valence-corrected chi connectivity index (χ0v) is 17.4. The lowest BCUT2D eigenvalue weighted by Gasteiger charge is -2.35. The van der Waals surface area contributed by atoms with Crippen LogP contribution < -0.4 is 0 Å². The standard InChI is InChI=1S/C27H23F3N2/c28-27(29,30)21-14-12-19(13-15-21)7-6-17-32-18-16-23-22-10-4-5-11-24(22)31-25(23)26(32)20-8-2-1-3-9-20/h1-6,8-15,17,26,31H,7,16,18H2. The van der Waals surface area contributed by atoms with E-state index in [2.05, 4.69) is 58.5 Å². The molecule has 1 atom stereocenters. The average molecular weight is 432 g/mol. The molecule has 3 aromatic carbocycles. The largest absolute Gasteiger partial charge is 0.416 e. The van der Waals surface area contributed by atoms with Gasteiger partial charge in [-0.1, -0.05) is 66.7 Å². The number of fused-ring (bicyclic) bond motifs is 3. The topological polar surface area (TPSA) is 19.0 Å². The molecular formula is C27H23F3N2. The summed E-state index contributed by atoms with van der Waals surface area (Å²) in [6.45, 7) is 0.873. The Hall–Kier alpha value is -3.47. The fraction of sp³-hybridized carbons (Fsp3) is 0.185. The molecule has 0 bridgehead atoms. The summed E-state index contributed by atoms with van der Waals surface area (Å²) in [5.41, 5.74) is 5.17. The van der Waals surface area contributed by atoms with Gasteiger partial charge in [0.15, 0.2) is 0 Å². The smallest absolute Gasteiger partial charge is 0.365 e. The van der Waals surface area contributed by atoms with E-state index in [4.69, 9.17) is 0 Å². The van der Waals surface area contributed by atoms with E-state index in [1.165, 1.54) is 22.2 Å². The zero-order valence-electron chi connectivity index (χ0n) is 17.4. The first-order chi connectivity index (χ1) is 15.5. The highest BCUT2D eigenvalue weighted by Gasteiger charge is 2.30. The minimum Gasteiger partial charge on any atom is -0.365 e. The molecule has 0 saturated heterocycles. The van der Waals surface area contributed by atoms with Gasteiger partial charge in [0.1, 0.15) is 0 Å². The number of hydrogen-bond donors (Lipinski definition) is 1. The summed E-state index contributed by atoms with van der Waals surface area (Å²) in [5, 5.41) is 1.27. The molecule has 0 amide bonds. The molecule has 2 nitrogen and oxygen atoms in total. The number of alkyl halides is 3. The van der Waals surface area contributed by atoms with Crippen LogP contribution in [0.15, 0.2) is 91.1 Å². The third-order valence-corrected chi connectivity index (χ3v) is 6.12. The Morgan fingerprint density at radius 1 is 0.906 bits per heavy atom. The molecule has 32 heavy (non-hydrogen) atoms. The predicted molar refractivity (Wildman–Crippen MR) is 121 cm³/mol. The van der Waals surface area contributed by atoms with Gasteiger partial charge in [-0.25, -0.2) is 0 Å². The third kappa shape index (κ3) is 3.91. The second-order valence-corrected chi connectivity index (χ2v) is 8.15. The quantitative estimate of drug-likeness (QED) is 0.372. The van der Waals surface area contributed by atoms with Crippen molar-refractivity contribution in [3.8, 4) is 0 Å². The van der Waals surface area contributed by atoms with Crippen molar-refractivity contribution in [3.05, 3.63) is 119 Å². The molecule has 2 heterocycles. The summed E-state index contributed by atoms with van der Waals surface area (Å²) in [6, 6.07) is 24.3. The molecule has 1 aliphatic heterocycles. The summed E-state index contributed by atoms with van der Waals surface area (Å²) in [7, 11) is 0. The molecule has 4 aromatic rings. The van der Waals surface area contributed by atoms with Crippen molar-refractivity contribution in [1.82, 2.24) is 9.88 Å². The van der Waals surface area contributed by atoms with E-state index in [1.54, 1.807) is 12.1 Å². The van der Waals surface area contributed by atoms with Gasteiger partial charge in [0.2, 0.25) is 0 Å². The Balaban J connectivity index is 1.43. The van der Waals surface area contributed by atoms with Crippen LogP contribution in [0.3, 0.4) is 0 Å². The van der Waals surface area contributed by atoms with Gasteiger partial charge in [-0.05, 0) is 53.9 Å². The van der Waals surface area contributed by atoms with E-state index in [9.17, 15) is 13.2 Å². The molecule has 1 N–H and O–H groups in total. The third-order valence-electron chi connectivity index (χ3n) is 6.12. The van der Waals surface area contributed by atoms with Gasteiger partial charge in [0.05, 0.1) is 11.6 Å². The molecule has 5 rings (SSSR count). The molecule has 1 unspecified atom stereocenters. The van der Waals surface area contributed by atoms with Gasteiger partial charge < -0.3 is 9.88 Å². The highest BCUT2D eigenvalue weighted by molar-refractivity contribution is 5.85. The molecule has 1 aromatic heterocycles. The summed E-state index contributed by atoms with van der Waals surface area (Å²) < 4.78 is 38.4. The van der Waals surface area contributed by atoms with Crippen molar-refractivity contribution in [2.45, 2.75) is 25.1 Å². The van der Waals surface area contributed by atoms with Gasteiger partial charge in [-0.2, -0.15) is 13.2 Å². The van der Waals surface area contributed by atoms with Crippen LogP contribution in [0, 0.1) is 0 Å². The predicted octanol–water partition coefficient (Wildman–Crippen LogP) is 6.89. The second-order valence-electron chi connectivity index (χ2n) is 8.15. The second kappa shape index (κ2) is 8.23. The van der Waals surface area contributed by atoms with Crippen molar-refractivity contribution >= 4 is 10.9 Å². The van der Waals surface area contributed by atoms with E-state index >= 15 is 0 Å². The minimum absolute atomic E-state index is 0.0659. The van der Waals surface area contributed by atoms with Crippen molar-refractivity contribution in [2.75, 3.05) is 6.54 Å². The SMILES string of the molecule is FC(F)(F)c1ccc(CC=CN2CCc3c([nH]c4ccccc34)C2c2ccccc2)cc1. The fourth-order valence-electron chi connectivity index (χ4n) is 4.57. The maximum absolute atomic E-state index is 12.8. The van der Waals surface area contributed by atoms with Crippen LogP contribution in [-0.4, -0.2) is 16.4 Å². The normalized spacial score (nSPS) is 16.6. The van der Waals surface area contributed by atoms with Crippen LogP contribution in [0.5, 0.6) is 0 Å². The van der Waals surface area contributed by atoms with Crippen molar-refractivity contribution in [2.24, 2.45) is 0 Å². The Labute approximate surface area is 185 Å². The number of rotatable bonds is 4. The van der Waals surface area contributed by atoms with E-state index in [-0.39, 0.29) is 6.04 Å². The average Bonchev–Trinajstić information content (AvgIpc) is 3.18. The van der Waals surface area contributed by atoms with Crippen molar-refractivity contribution < 1.29 is 13.2 Å². The maximum atomic E-state index is 12.8. The number of halogens is 3. The van der Waals surface area contributed by atoms with Gasteiger partial charge in [0, 0.05) is 23.1 Å². The number of nitrogens with zero attached hydrogens (tertiary/aromatic N) is 1. The van der Waals surface area contributed by atoms with Gasteiger partial charge in [0.25, 0.3) is 0 Å². The highest BCUT2D eigenvalue weighted by atomic mass is 19.4. The Morgan fingerprint density at radius 3 is 2.38 bits per heavy atom. The van der Waals surface area contributed by atoms with E-state index < -0.39 is 11.7 Å². The number of benzene rings is 3. The van der Waals surface area contributed by atoms with Crippen LogP contribution in [0.4, 0.5) is 13.2 Å². The summed E-state index contributed by atoms with van der Waals surface area (Å²) in [5.74, 6) is 0. The summed E-state index contributed by atoms with van der Waals surface area (Å²) in [4.78, 5) is 5.96. The number of H-pyrrole nitrogens is 1. The van der Waals surface area contributed by atoms with E-state index in [0.29, 0.717) is 6.42 Å². The number of aromatic amines is 1. The van der Waals surface area contributed by atoms with Gasteiger partial charge in [-0.3, -0.25) is 0 Å². The van der Waals surface area contributed by atoms with Crippen molar-refractivity contribution in [1.29, 1.82) is 0 Å². The Kier molecular flexibility index (Phi) is 5.25. The van der Waals surface area contributed by atoms with Crippen molar-refractivity contribution in [3.63, 3.8) is 0 Å². The molecule has 0 saturated carbocycles. The molecular weight excluding hydrogens is 409 g/mol. The molecule has 1 aliphatic rings. The van der Waals surface area contributed by atoms with Gasteiger partial charge >= 0.3 is 6.18 Å². The first-order valence-corrected chi connectivity index (χ1v) is 10.7. The number of nitrogens with one attached hydrogen (secondary N) is 1. The monoisotopic (exact) mass is 432 g/mol. The lowest BCUT2D eigenvalue weighted by molar-refractivity contribution is -0.137. The van der Waals surface area contributed by atoms with Gasteiger partial charge in [-0.15, -0.1) is 0 Å². The lowest BCUT2D eigenvalue weighted by atomic mass is 9.92. The van der Waals surface area contributed by atoms with Crippen LogP contribution in [0.1, 0.15) is 34.0 Å².